The maximum atomic E-state index is 13.7. The lowest BCUT2D eigenvalue weighted by Gasteiger charge is -2.18. The Labute approximate surface area is 155 Å². The summed E-state index contributed by atoms with van der Waals surface area (Å²) in [5.74, 6) is -1.56. The van der Waals surface area contributed by atoms with Crippen LogP contribution < -0.4 is 10.6 Å². The Bertz CT molecular complexity index is 771. The van der Waals surface area contributed by atoms with Crippen LogP contribution in [-0.4, -0.2) is 12.5 Å². The summed E-state index contributed by atoms with van der Waals surface area (Å²) in [7, 11) is 0. The molecule has 0 fully saturated rings. The van der Waals surface area contributed by atoms with Crippen LogP contribution in [0.15, 0.2) is 36.4 Å². The molecule has 2 aromatic carbocycles. The standard InChI is InChI=1S/C18H18Cl2F2N2O/c1-10(15-6-4-13(21)8-17(15)22)23-9-18(25)24-11(2)14-5-3-12(19)7-16(14)20/h3-8,10-11,23H,9H2,1-2H3,(H,24,25)/t10-,11-/m0/s1. The Morgan fingerprint density at radius 1 is 1.04 bits per heavy atom. The average Bonchev–Trinajstić information content (AvgIpc) is 2.52. The highest BCUT2D eigenvalue weighted by atomic mass is 35.5. The van der Waals surface area contributed by atoms with Gasteiger partial charge >= 0.3 is 0 Å². The van der Waals surface area contributed by atoms with E-state index in [0.29, 0.717) is 15.6 Å². The molecule has 0 bridgehead atoms. The van der Waals surface area contributed by atoms with Gasteiger partial charge in [-0.2, -0.15) is 0 Å². The first-order valence-corrected chi connectivity index (χ1v) is 8.46. The first-order valence-electron chi connectivity index (χ1n) is 7.70. The van der Waals surface area contributed by atoms with Gasteiger partial charge in [0, 0.05) is 27.7 Å². The van der Waals surface area contributed by atoms with E-state index in [4.69, 9.17) is 23.2 Å². The molecule has 2 atom stereocenters. The van der Waals surface area contributed by atoms with Gasteiger partial charge in [-0.15, -0.1) is 0 Å². The second-order valence-electron chi connectivity index (χ2n) is 5.72. The van der Waals surface area contributed by atoms with Crippen LogP contribution in [0.4, 0.5) is 8.78 Å². The van der Waals surface area contributed by atoms with Crippen molar-refractivity contribution >= 4 is 29.1 Å². The molecule has 7 heteroatoms. The smallest absolute Gasteiger partial charge is 0.234 e. The fourth-order valence-corrected chi connectivity index (χ4v) is 3.00. The van der Waals surface area contributed by atoms with E-state index in [0.717, 1.165) is 11.6 Å². The molecule has 3 nitrogen and oxygen atoms in total. The van der Waals surface area contributed by atoms with Crippen LogP contribution in [0.3, 0.4) is 0 Å². The lowest BCUT2D eigenvalue weighted by Crippen LogP contribution is -2.36. The number of carbonyl (C=O) groups excluding carboxylic acids is 1. The molecule has 0 saturated heterocycles. The van der Waals surface area contributed by atoms with Crippen molar-refractivity contribution in [2.75, 3.05) is 6.54 Å². The maximum absolute atomic E-state index is 13.7. The van der Waals surface area contributed by atoms with Crippen LogP contribution in [-0.2, 0) is 4.79 Å². The Hall–Kier alpha value is -1.69. The summed E-state index contributed by atoms with van der Waals surface area (Å²) >= 11 is 12.0. The molecule has 2 aromatic rings. The van der Waals surface area contributed by atoms with Crippen LogP contribution in [0.5, 0.6) is 0 Å². The minimum atomic E-state index is -0.651. The molecule has 2 rings (SSSR count). The monoisotopic (exact) mass is 386 g/mol. The van der Waals surface area contributed by atoms with E-state index in [2.05, 4.69) is 10.6 Å². The Morgan fingerprint density at radius 3 is 2.36 bits per heavy atom. The van der Waals surface area contributed by atoms with Gasteiger partial charge in [-0.1, -0.05) is 35.3 Å². The SMILES string of the molecule is C[C@H](NCC(=O)N[C@@H](C)c1ccc(Cl)cc1Cl)c1ccc(F)cc1F. The number of rotatable bonds is 6. The number of benzene rings is 2. The van der Waals surface area contributed by atoms with E-state index in [1.54, 1.807) is 32.0 Å². The van der Waals surface area contributed by atoms with E-state index < -0.39 is 17.7 Å². The number of nitrogens with one attached hydrogen (secondary N) is 2. The minimum Gasteiger partial charge on any atom is -0.348 e. The first-order chi connectivity index (χ1) is 11.8. The Morgan fingerprint density at radius 2 is 1.72 bits per heavy atom. The van der Waals surface area contributed by atoms with E-state index in [9.17, 15) is 13.6 Å². The number of hydrogen-bond acceptors (Lipinski definition) is 2. The van der Waals surface area contributed by atoms with E-state index in [1.165, 1.54) is 12.1 Å². The molecule has 0 aliphatic heterocycles. The molecule has 0 spiro atoms. The Kier molecular flexibility index (Phi) is 6.76. The van der Waals surface area contributed by atoms with E-state index in [-0.39, 0.29) is 18.5 Å². The quantitative estimate of drug-likeness (QED) is 0.748. The third-order valence-corrected chi connectivity index (χ3v) is 4.37. The highest BCUT2D eigenvalue weighted by Crippen LogP contribution is 2.26. The van der Waals surface area contributed by atoms with Crippen molar-refractivity contribution < 1.29 is 13.6 Å². The number of amides is 1. The molecule has 134 valence electrons. The van der Waals surface area contributed by atoms with Crippen LogP contribution >= 0.6 is 23.2 Å². The van der Waals surface area contributed by atoms with Gasteiger partial charge < -0.3 is 10.6 Å². The predicted molar refractivity (Wildman–Crippen MR) is 95.8 cm³/mol. The highest BCUT2D eigenvalue weighted by molar-refractivity contribution is 6.35. The molecule has 0 aromatic heterocycles. The molecule has 0 aliphatic rings. The summed E-state index contributed by atoms with van der Waals surface area (Å²) in [6, 6.07) is 7.66. The number of halogens is 4. The molecule has 1 amide bonds. The lowest BCUT2D eigenvalue weighted by molar-refractivity contribution is -0.121. The van der Waals surface area contributed by atoms with Crippen molar-refractivity contribution in [3.8, 4) is 0 Å². The van der Waals surface area contributed by atoms with E-state index >= 15 is 0 Å². The van der Waals surface area contributed by atoms with Crippen molar-refractivity contribution in [3.05, 3.63) is 69.2 Å². The van der Waals surface area contributed by atoms with Crippen molar-refractivity contribution in [2.24, 2.45) is 0 Å². The van der Waals surface area contributed by atoms with Gasteiger partial charge in [0.2, 0.25) is 5.91 Å². The summed E-state index contributed by atoms with van der Waals surface area (Å²) in [6.45, 7) is 3.48. The third-order valence-electron chi connectivity index (χ3n) is 3.80. The number of carbonyl (C=O) groups is 1. The summed E-state index contributed by atoms with van der Waals surface area (Å²) in [5, 5.41) is 6.70. The molecule has 0 heterocycles. The molecule has 25 heavy (non-hydrogen) atoms. The third kappa shape index (κ3) is 5.39. The van der Waals surface area contributed by atoms with Gasteiger partial charge in [-0.3, -0.25) is 4.79 Å². The second-order valence-corrected chi connectivity index (χ2v) is 6.57. The van der Waals surface area contributed by atoms with Crippen molar-refractivity contribution in [1.82, 2.24) is 10.6 Å². The average molecular weight is 387 g/mol. The zero-order valence-corrected chi connectivity index (χ0v) is 15.3. The van der Waals surface area contributed by atoms with Gasteiger partial charge in [0.1, 0.15) is 11.6 Å². The maximum Gasteiger partial charge on any atom is 0.234 e. The fraction of sp³-hybridized carbons (Fsp3) is 0.278. The highest BCUT2D eigenvalue weighted by Gasteiger charge is 2.15. The first kappa shape index (κ1) is 19.6. The zero-order valence-electron chi connectivity index (χ0n) is 13.7. The molecular weight excluding hydrogens is 369 g/mol. The topological polar surface area (TPSA) is 41.1 Å². The predicted octanol–water partition coefficient (Wildman–Crippen LogP) is 4.80. The molecule has 0 unspecified atom stereocenters. The van der Waals surface area contributed by atoms with Gasteiger partial charge in [0.05, 0.1) is 12.6 Å². The molecule has 0 saturated carbocycles. The molecule has 0 radical (unpaired) electrons. The fourth-order valence-electron chi connectivity index (χ4n) is 2.43. The number of hydrogen-bond donors (Lipinski definition) is 2. The summed E-state index contributed by atoms with van der Waals surface area (Å²) in [6.07, 6.45) is 0. The van der Waals surface area contributed by atoms with E-state index in [1.807, 2.05) is 0 Å². The van der Waals surface area contributed by atoms with Crippen LogP contribution in [0.1, 0.15) is 37.1 Å². The van der Waals surface area contributed by atoms with Crippen LogP contribution in [0.25, 0.3) is 0 Å². The molecule has 2 N–H and O–H groups in total. The lowest BCUT2D eigenvalue weighted by atomic mass is 10.1. The summed E-state index contributed by atoms with van der Waals surface area (Å²) < 4.78 is 26.7. The summed E-state index contributed by atoms with van der Waals surface area (Å²) in [5.41, 5.74) is 1.04. The molecular formula is C18H18Cl2F2N2O. The van der Waals surface area contributed by atoms with Gasteiger partial charge in [0.25, 0.3) is 0 Å². The summed E-state index contributed by atoms with van der Waals surface area (Å²) in [4.78, 5) is 12.1. The van der Waals surface area contributed by atoms with Crippen LogP contribution in [0.2, 0.25) is 10.0 Å². The van der Waals surface area contributed by atoms with Crippen molar-refractivity contribution in [1.29, 1.82) is 0 Å². The zero-order chi connectivity index (χ0) is 18.6. The van der Waals surface area contributed by atoms with Crippen molar-refractivity contribution in [2.45, 2.75) is 25.9 Å². The largest absolute Gasteiger partial charge is 0.348 e. The minimum absolute atomic E-state index is 0.0203. The van der Waals surface area contributed by atoms with Gasteiger partial charge in [-0.25, -0.2) is 8.78 Å². The van der Waals surface area contributed by atoms with Gasteiger partial charge in [0.15, 0.2) is 0 Å². The van der Waals surface area contributed by atoms with Crippen LogP contribution in [0, 0.1) is 11.6 Å². The second kappa shape index (κ2) is 8.61. The normalized spacial score (nSPS) is 13.4. The van der Waals surface area contributed by atoms with Gasteiger partial charge in [-0.05, 0) is 37.6 Å². The van der Waals surface area contributed by atoms with Crippen molar-refractivity contribution in [3.63, 3.8) is 0 Å². The molecule has 0 aliphatic carbocycles. The Balaban J connectivity index is 1.91.